The molecular formula is C24H29F3N2O5S2. The Morgan fingerprint density at radius 1 is 1.19 bits per heavy atom. The van der Waals surface area contributed by atoms with Crippen LogP contribution in [-0.2, 0) is 20.9 Å². The molecule has 1 amide bonds. The monoisotopic (exact) mass is 546 g/mol. The van der Waals surface area contributed by atoms with Crippen LogP contribution in [0.15, 0.2) is 47.4 Å². The Kier molecular flexibility index (Phi) is 8.39. The quantitative estimate of drug-likeness (QED) is 0.419. The van der Waals surface area contributed by atoms with Crippen LogP contribution >= 0.6 is 11.8 Å². The zero-order valence-electron chi connectivity index (χ0n) is 20.4. The molecule has 0 saturated heterocycles. The predicted molar refractivity (Wildman–Crippen MR) is 134 cm³/mol. The number of benzene rings is 2. The van der Waals surface area contributed by atoms with Crippen molar-refractivity contribution in [2.45, 2.75) is 56.9 Å². The molecule has 0 spiro atoms. The first-order valence-electron chi connectivity index (χ1n) is 11.3. The van der Waals surface area contributed by atoms with Gasteiger partial charge < -0.3 is 9.47 Å². The highest BCUT2D eigenvalue weighted by atomic mass is 32.2. The highest BCUT2D eigenvalue weighted by Gasteiger charge is 2.37. The molecule has 1 aliphatic rings. The fourth-order valence-electron chi connectivity index (χ4n) is 3.51. The van der Waals surface area contributed by atoms with E-state index in [0.717, 1.165) is 34.0 Å². The lowest BCUT2D eigenvalue weighted by molar-refractivity contribution is -0.137. The second-order valence-corrected chi connectivity index (χ2v) is 12.4. The van der Waals surface area contributed by atoms with Crippen LogP contribution in [0, 0.1) is 0 Å². The van der Waals surface area contributed by atoms with Gasteiger partial charge in [-0.3, -0.25) is 9.62 Å². The van der Waals surface area contributed by atoms with Gasteiger partial charge in [-0.05, 0) is 75.1 Å². The highest BCUT2D eigenvalue weighted by Crippen LogP contribution is 2.40. The third-order valence-corrected chi connectivity index (χ3v) is 7.78. The number of alkyl halides is 3. The maximum atomic E-state index is 13.6. The molecule has 0 saturated carbocycles. The predicted octanol–water partition coefficient (Wildman–Crippen LogP) is 6.15. The van der Waals surface area contributed by atoms with Crippen LogP contribution < -0.4 is 14.4 Å². The summed E-state index contributed by atoms with van der Waals surface area (Å²) in [5.74, 6) is 1.86. The molecule has 1 aliphatic heterocycles. The summed E-state index contributed by atoms with van der Waals surface area (Å²) in [5.41, 5.74) is -1.45. The fourth-order valence-corrected chi connectivity index (χ4v) is 5.77. The van der Waals surface area contributed by atoms with E-state index in [1.54, 1.807) is 38.6 Å². The van der Waals surface area contributed by atoms with Crippen molar-refractivity contribution in [1.29, 1.82) is 0 Å². The lowest BCUT2D eigenvalue weighted by Crippen LogP contribution is -2.44. The van der Waals surface area contributed by atoms with Crippen molar-refractivity contribution in [1.82, 2.24) is 0 Å². The Bertz CT molecular complexity index is 1200. The molecule has 36 heavy (non-hydrogen) atoms. The summed E-state index contributed by atoms with van der Waals surface area (Å²) in [6.45, 7) is 7.02. The lowest BCUT2D eigenvalue weighted by atomic mass is 10.2. The van der Waals surface area contributed by atoms with E-state index in [2.05, 4.69) is 5.32 Å². The number of amides is 1. The minimum absolute atomic E-state index is 0.0915. The van der Waals surface area contributed by atoms with Crippen molar-refractivity contribution in [3.05, 3.63) is 48.0 Å². The third kappa shape index (κ3) is 7.00. The number of nitrogens with one attached hydrogen (secondary N) is 1. The molecule has 0 radical (unpaired) electrons. The summed E-state index contributed by atoms with van der Waals surface area (Å²) in [6.07, 6.45) is -5.38. The summed E-state index contributed by atoms with van der Waals surface area (Å²) in [6, 6.07) is 8.10. The Hall–Kier alpha value is -2.60. The number of ether oxygens (including phenoxy) is 2. The molecule has 0 aromatic heterocycles. The van der Waals surface area contributed by atoms with Gasteiger partial charge in [-0.1, -0.05) is 13.0 Å². The minimum atomic E-state index is -4.70. The van der Waals surface area contributed by atoms with Gasteiger partial charge >= 0.3 is 12.3 Å². The summed E-state index contributed by atoms with van der Waals surface area (Å²) in [4.78, 5) is 11.7. The third-order valence-electron chi connectivity index (χ3n) is 5.07. The number of hydrogen-bond donors (Lipinski definition) is 1. The zero-order chi connectivity index (χ0) is 26.7. The summed E-state index contributed by atoms with van der Waals surface area (Å²) in [7, 11) is -4.39. The van der Waals surface area contributed by atoms with E-state index in [9.17, 15) is 26.4 Å². The molecule has 2 aromatic rings. The molecule has 12 heteroatoms. The Morgan fingerprint density at radius 2 is 1.92 bits per heavy atom. The number of thioether (sulfide) groups is 1. The Balaban J connectivity index is 2.00. The van der Waals surface area contributed by atoms with Crippen molar-refractivity contribution in [3.8, 4) is 5.75 Å². The van der Waals surface area contributed by atoms with Crippen molar-refractivity contribution in [3.63, 3.8) is 0 Å². The first kappa shape index (κ1) is 28.0. The number of anilines is 2. The van der Waals surface area contributed by atoms with Crippen LogP contribution in [0.3, 0.4) is 0 Å². The number of rotatable bonds is 7. The number of halogens is 3. The first-order chi connectivity index (χ1) is 16.7. The topological polar surface area (TPSA) is 84.9 Å². The van der Waals surface area contributed by atoms with Crippen LogP contribution in [0.25, 0.3) is 0 Å². The molecule has 1 N–H and O–H groups in total. The van der Waals surface area contributed by atoms with Crippen molar-refractivity contribution < 1.29 is 35.9 Å². The molecule has 198 valence electrons. The molecule has 3 rings (SSSR count). The average Bonchev–Trinajstić information content (AvgIpc) is 2.77. The normalized spacial score (nSPS) is 16.2. The number of carbonyl (C=O) groups excluding carboxylic acids is 1. The van der Waals surface area contributed by atoms with Gasteiger partial charge in [-0.2, -0.15) is 24.9 Å². The molecule has 0 bridgehead atoms. The van der Waals surface area contributed by atoms with E-state index in [1.807, 2.05) is 6.92 Å². The largest absolute Gasteiger partial charge is 0.486 e. The first-order valence-corrected chi connectivity index (χ1v) is 13.9. The molecule has 2 aromatic carbocycles. The lowest BCUT2D eigenvalue weighted by Gasteiger charge is -2.36. The maximum absolute atomic E-state index is 13.6. The van der Waals surface area contributed by atoms with E-state index in [4.69, 9.17) is 9.47 Å². The van der Waals surface area contributed by atoms with Crippen molar-refractivity contribution in [2.75, 3.05) is 27.7 Å². The molecule has 1 atom stereocenters. The summed E-state index contributed by atoms with van der Waals surface area (Å²) in [5, 5.41) is 2.55. The van der Waals surface area contributed by atoms with Crippen LogP contribution in [0.2, 0.25) is 0 Å². The van der Waals surface area contributed by atoms with Crippen molar-refractivity contribution >= 4 is 39.3 Å². The van der Waals surface area contributed by atoms with E-state index < -0.39 is 44.5 Å². The molecule has 7 nitrogen and oxygen atoms in total. The van der Waals surface area contributed by atoms with Crippen LogP contribution in [0.4, 0.5) is 29.3 Å². The van der Waals surface area contributed by atoms with Gasteiger partial charge in [0.15, 0.2) is 0 Å². The van der Waals surface area contributed by atoms with Crippen molar-refractivity contribution in [2.24, 2.45) is 0 Å². The SMILES string of the molecule is CCSCC[C@H]1CN(S(=O)(=O)c2cccc(C(F)(F)F)c2)c2cc(NC(=O)OC(C)(C)C)ccc2O1. The average molecular weight is 547 g/mol. The van der Waals surface area contributed by atoms with Gasteiger partial charge in [-0.25, -0.2) is 13.2 Å². The molecule has 1 heterocycles. The van der Waals surface area contributed by atoms with E-state index in [0.29, 0.717) is 12.5 Å². The Morgan fingerprint density at radius 3 is 2.56 bits per heavy atom. The van der Waals surface area contributed by atoms with Crippen LogP contribution in [0.1, 0.15) is 39.7 Å². The number of carbonyl (C=O) groups is 1. The molecule has 0 fully saturated rings. The van der Waals surface area contributed by atoms with Crippen LogP contribution in [0.5, 0.6) is 5.75 Å². The van der Waals surface area contributed by atoms with Gasteiger partial charge in [0.2, 0.25) is 0 Å². The van der Waals surface area contributed by atoms with Gasteiger partial charge in [0, 0.05) is 5.69 Å². The fraction of sp³-hybridized carbons (Fsp3) is 0.458. The smallest absolute Gasteiger partial charge is 0.416 e. The second-order valence-electron chi connectivity index (χ2n) is 9.10. The maximum Gasteiger partial charge on any atom is 0.416 e. The number of hydrogen-bond acceptors (Lipinski definition) is 6. The zero-order valence-corrected chi connectivity index (χ0v) is 22.0. The van der Waals surface area contributed by atoms with E-state index >= 15 is 0 Å². The number of fused-ring (bicyclic) bond motifs is 1. The molecular weight excluding hydrogens is 517 g/mol. The second kappa shape index (κ2) is 10.8. The van der Waals surface area contributed by atoms with Gasteiger partial charge in [0.1, 0.15) is 17.5 Å². The minimum Gasteiger partial charge on any atom is -0.486 e. The summed E-state index contributed by atoms with van der Waals surface area (Å²) >= 11 is 1.67. The number of sulfonamides is 1. The van der Waals surface area contributed by atoms with E-state index in [-0.39, 0.29) is 23.7 Å². The number of nitrogens with zero attached hydrogens (tertiary/aromatic N) is 1. The van der Waals surface area contributed by atoms with Gasteiger partial charge in [0.25, 0.3) is 10.0 Å². The molecule has 0 aliphatic carbocycles. The molecule has 0 unspecified atom stereocenters. The summed E-state index contributed by atoms with van der Waals surface area (Å²) < 4.78 is 79.4. The van der Waals surface area contributed by atoms with Gasteiger partial charge in [0.05, 0.1) is 22.7 Å². The van der Waals surface area contributed by atoms with Gasteiger partial charge in [-0.15, -0.1) is 0 Å². The highest BCUT2D eigenvalue weighted by molar-refractivity contribution is 7.99. The Labute approximate surface area is 213 Å². The van der Waals surface area contributed by atoms with E-state index in [1.165, 1.54) is 12.1 Å². The van der Waals surface area contributed by atoms with Crippen LogP contribution in [-0.4, -0.2) is 44.3 Å². The standard InChI is InChI=1S/C24H29F3N2O5S2/c1-5-35-12-11-18-15-29(36(31,32)19-8-6-7-16(13-19)24(25,26)27)20-14-17(9-10-21(20)33-18)28-22(30)34-23(2,3)4/h6-10,13-14,18H,5,11-12,15H2,1-4H3,(H,28,30)/t18-/m0/s1.